The first-order chi connectivity index (χ1) is 8.49. The number of aromatic nitrogens is 2. The second kappa shape index (κ2) is 6.43. The molecule has 3 atom stereocenters. The lowest BCUT2D eigenvalue weighted by Crippen LogP contribution is -2.38. The molecule has 0 fully saturated rings. The molecule has 0 aromatic carbocycles. The van der Waals surface area contributed by atoms with E-state index in [2.05, 4.69) is 4.98 Å². The summed E-state index contributed by atoms with van der Waals surface area (Å²) in [4.78, 5) is 15.0. The number of ether oxygens (including phenoxy) is 1. The third kappa shape index (κ3) is 3.49. The van der Waals surface area contributed by atoms with Gasteiger partial charge in [0.05, 0.1) is 6.61 Å². The van der Waals surface area contributed by atoms with Crippen molar-refractivity contribution in [3.05, 3.63) is 22.7 Å². The summed E-state index contributed by atoms with van der Waals surface area (Å²) in [6.07, 6.45) is -2.01. The highest BCUT2D eigenvalue weighted by Crippen LogP contribution is 2.11. The lowest BCUT2D eigenvalue weighted by atomic mass is 10.2. The van der Waals surface area contributed by atoms with Crippen molar-refractivity contribution in [1.29, 1.82) is 0 Å². The van der Waals surface area contributed by atoms with Gasteiger partial charge in [0.15, 0.2) is 0 Å². The average molecular weight is 261 g/mol. The van der Waals surface area contributed by atoms with Crippen molar-refractivity contribution in [2.75, 3.05) is 19.0 Å². The second-order valence-corrected chi connectivity index (χ2v) is 3.72. The maximum absolute atomic E-state index is 12.3. The van der Waals surface area contributed by atoms with Gasteiger partial charge in [-0.3, -0.25) is 4.57 Å². The van der Waals surface area contributed by atoms with Gasteiger partial charge in [-0.2, -0.15) is 4.98 Å². The quantitative estimate of drug-likeness (QED) is 0.609. The lowest BCUT2D eigenvalue weighted by Gasteiger charge is -2.24. The number of rotatable bonds is 6. The average Bonchev–Trinajstić information content (AvgIpc) is 2.34. The highest BCUT2D eigenvalue weighted by molar-refractivity contribution is 5.23. The molecule has 0 bridgehead atoms. The minimum absolute atomic E-state index is 0.0750. The fourth-order valence-corrected chi connectivity index (χ4v) is 1.38. The predicted molar refractivity (Wildman–Crippen MR) is 61.6 cm³/mol. The first-order valence-corrected chi connectivity index (χ1v) is 5.34. The molecule has 0 spiro atoms. The van der Waals surface area contributed by atoms with Gasteiger partial charge in [-0.15, -0.1) is 0 Å². The van der Waals surface area contributed by atoms with Crippen molar-refractivity contribution >= 4 is 5.82 Å². The van der Waals surface area contributed by atoms with E-state index in [9.17, 15) is 14.3 Å². The molecular weight excluding hydrogens is 245 g/mol. The molecule has 1 aromatic rings. The van der Waals surface area contributed by atoms with Crippen LogP contribution in [0, 0.1) is 0 Å². The Bertz CT molecular complexity index is 439. The summed E-state index contributed by atoms with van der Waals surface area (Å²) in [5, 5.41) is 18.2. The van der Waals surface area contributed by atoms with Crippen LogP contribution in [-0.4, -0.2) is 45.3 Å². The zero-order valence-electron chi connectivity index (χ0n) is 9.86. The highest BCUT2D eigenvalue weighted by atomic mass is 19.1. The van der Waals surface area contributed by atoms with E-state index >= 15 is 0 Å². The molecule has 0 aliphatic rings. The molecule has 1 rings (SSSR count). The molecular formula is C10H16FN3O4. The third-order valence-electron chi connectivity index (χ3n) is 2.38. The van der Waals surface area contributed by atoms with Crippen LogP contribution < -0.4 is 11.4 Å². The van der Waals surface area contributed by atoms with E-state index in [1.54, 1.807) is 0 Å². The molecule has 7 nitrogen and oxygen atoms in total. The molecule has 0 amide bonds. The third-order valence-corrected chi connectivity index (χ3v) is 2.38. The minimum atomic E-state index is -1.45. The summed E-state index contributed by atoms with van der Waals surface area (Å²) in [5.41, 5.74) is 4.70. The Labute approximate surface area is 103 Å². The van der Waals surface area contributed by atoms with Crippen LogP contribution in [-0.2, 0) is 4.74 Å². The van der Waals surface area contributed by atoms with Crippen molar-refractivity contribution < 1.29 is 19.3 Å². The number of nitrogens with two attached hydrogens (primary N) is 1. The molecule has 0 saturated carbocycles. The SMILES string of the molecule is CC(O[C@H](CO)C(O)CF)n1ccc(N)nc1=O. The van der Waals surface area contributed by atoms with Gasteiger partial charge in [-0.1, -0.05) is 0 Å². The summed E-state index contributed by atoms with van der Waals surface area (Å²) in [7, 11) is 0. The summed E-state index contributed by atoms with van der Waals surface area (Å²) in [5.74, 6) is 0.0750. The van der Waals surface area contributed by atoms with Crippen LogP contribution in [0.15, 0.2) is 17.1 Å². The van der Waals surface area contributed by atoms with Crippen molar-refractivity contribution in [3.8, 4) is 0 Å². The van der Waals surface area contributed by atoms with Gasteiger partial charge < -0.3 is 20.7 Å². The Morgan fingerprint density at radius 3 is 2.83 bits per heavy atom. The molecule has 0 radical (unpaired) electrons. The van der Waals surface area contributed by atoms with Gasteiger partial charge in [0, 0.05) is 6.20 Å². The monoisotopic (exact) mass is 261 g/mol. The van der Waals surface area contributed by atoms with Crippen LogP contribution in [0.5, 0.6) is 0 Å². The van der Waals surface area contributed by atoms with Gasteiger partial charge in [0.1, 0.15) is 30.9 Å². The number of anilines is 1. The molecule has 8 heteroatoms. The van der Waals surface area contributed by atoms with Crippen LogP contribution in [0.4, 0.5) is 10.2 Å². The molecule has 0 aliphatic heterocycles. The Balaban J connectivity index is 2.81. The lowest BCUT2D eigenvalue weighted by molar-refractivity contribution is -0.121. The maximum Gasteiger partial charge on any atom is 0.351 e. The van der Waals surface area contributed by atoms with Crippen LogP contribution in [0.1, 0.15) is 13.2 Å². The van der Waals surface area contributed by atoms with Gasteiger partial charge in [0.25, 0.3) is 0 Å². The Hall–Kier alpha value is -1.51. The van der Waals surface area contributed by atoms with Gasteiger partial charge >= 0.3 is 5.69 Å². The molecule has 1 aromatic heterocycles. The van der Waals surface area contributed by atoms with E-state index in [4.69, 9.17) is 15.6 Å². The van der Waals surface area contributed by atoms with Crippen LogP contribution in [0.2, 0.25) is 0 Å². The highest BCUT2D eigenvalue weighted by Gasteiger charge is 2.22. The normalized spacial score (nSPS) is 16.2. The molecule has 102 valence electrons. The largest absolute Gasteiger partial charge is 0.394 e. The molecule has 4 N–H and O–H groups in total. The summed E-state index contributed by atoms with van der Waals surface area (Å²) in [6, 6.07) is 1.40. The number of nitrogens with zero attached hydrogens (tertiary/aromatic N) is 2. The first kappa shape index (κ1) is 14.6. The van der Waals surface area contributed by atoms with E-state index in [0.29, 0.717) is 0 Å². The van der Waals surface area contributed by atoms with Crippen LogP contribution in [0.25, 0.3) is 0 Å². The second-order valence-electron chi connectivity index (χ2n) is 3.72. The van der Waals surface area contributed by atoms with E-state index in [1.165, 1.54) is 19.2 Å². The van der Waals surface area contributed by atoms with Crippen molar-refractivity contribution in [2.24, 2.45) is 0 Å². The standard InChI is InChI=1S/C10H16FN3O4/c1-6(18-8(5-15)7(16)4-11)14-3-2-9(12)13-10(14)17/h2-3,6-8,15-16H,4-5H2,1H3,(H2,12,13,17)/t6?,7?,8-/m1/s1. The van der Waals surface area contributed by atoms with Crippen LogP contribution in [0.3, 0.4) is 0 Å². The number of hydrogen-bond acceptors (Lipinski definition) is 6. The van der Waals surface area contributed by atoms with Gasteiger partial charge in [-0.05, 0) is 13.0 Å². The summed E-state index contributed by atoms with van der Waals surface area (Å²) in [6.45, 7) is -0.105. The number of nitrogen functional groups attached to an aromatic ring is 1. The Morgan fingerprint density at radius 2 is 2.33 bits per heavy atom. The zero-order valence-corrected chi connectivity index (χ0v) is 9.86. The summed E-state index contributed by atoms with van der Waals surface area (Å²) < 4.78 is 18.6. The fourth-order valence-electron chi connectivity index (χ4n) is 1.38. The minimum Gasteiger partial charge on any atom is -0.394 e. The van der Waals surface area contributed by atoms with E-state index in [-0.39, 0.29) is 5.82 Å². The summed E-state index contributed by atoms with van der Waals surface area (Å²) >= 11 is 0. The number of halogens is 1. The van der Waals surface area contributed by atoms with Crippen LogP contribution >= 0.6 is 0 Å². The number of hydrogen-bond donors (Lipinski definition) is 3. The zero-order chi connectivity index (χ0) is 13.7. The number of aliphatic hydroxyl groups excluding tert-OH is 2. The number of alkyl halides is 1. The first-order valence-electron chi connectivity index (χ1n) is 5.34. The smallest absolute Gasteiger partial charge is 0.351 e. The molecule has 2 unspecified atom stereocenters. The maximum atomic E-state index is 12.3. The number of aliphatic hydroxyl groups is 2. The predicted octanol–water partition coefficient (Wildman–Crippen LogP) is -0.948. The molecule has 0 aliphatic carbocycles. The van der Waals surface area contributed by atoms with Crippen molar-refractivity contribution in [2.45, 2.75) is 25.4 Å². The van der Waals surface area contributed by atoms with E-state index < -0.39 is 37.4 Å². The van der Waals surface area contributed by atoms with Gasteiger partial charge in [0.2, 0.25) is 0 Å². The Morgan fingerprint density at radius 1 is 1.67 bits per heavy atom. The Kier molecular flexibility index (Phi) is 5.20. The molecule has 0 saturated heterocycles. The van der Waals surface area contributed by atoms with Gasteiger partial charge in [-0.25, -0.2) is 9.18 Å². The molecule has 1 heterocycles. The van der Waals surface area contributed by atoms with Crippen molar-refractivity contribution in [3.63, 3.8) is 0 Å². The fraction of sp³-hybridized carbons (Fsp3) is 0.600. The van der Waals surface area contributed by atoms with Crippen molar-refractivity contribution in [1.82, 2.24) is 9.55 Å². The van der Waals surface area contributed by atoms with E-state index in [1.807, 2.05) is 0 Å². The van der Waals surface area contributed by atoms with E-state index in [0.717, 1.165) is 4.57 Å². The molecule has 18 heavy (non-hydrogen) atoms. The topological polar surface area (TPSA) is 111 Å².